The highest BCUT2D eigenvalue weighted by molar-refractivity contribution is 7.92. The number of sulfonamides is 1. The number of ketones is 1. The molecule has 2 aromatic carbocycles. The van der Waals surface area contributed by atoms with Gasteiger partial charge in [-0.2, -0.15) is 0 Å². The summed E-state index contributed by atoms with van der Waals surface area (Å²) in [4.78, 5) is 12.1. The summed E-state index contributed by atoms with van der Waals surface area (Å²) in [6.07, 6.45) is 0.187. The molecule has 0 saturated heterocycles. The van der Waals surface area contributed by atoms with Crippen molar-refractivity contribution in [1.29, 1.82) is 0 Å². The number of nitrogens with zero attached hydrogens (tertiary/aromatic N) is 1. The molecular formula is C16H15NO4S. The van der Waals surface area contributed by atoms with Gasteiger partial charge in [0.2, 0.25) is 0 Å². The highest BCUT2D eigenvalue weighted by atomic mass is 32.2. The van der Waals surface area contributed by atoms with Gasteiger partial charge in [-0.05, 0) is 36.4 Å². The minimum Gasteiger partial charge on any atom is -0.497 e. The molecule has 0 bridgehead atoms. The Hall–Kier alpha value is -2.34. The van der Waals surface area contributed by atoms with Gasteiger partial charge in [0.15, 0.2) is 5.78 Å². The summed E-state index contributed by atoms with van der Waals surface area (Å²) >= 11 is 0. The van der Waals surface area contributed by atoms with Gasteiger partial charge in [-0.1, -0.05) is 12.1 Å². The number of hydrogen-bond acceptors (Lipinski definition) is 4. The van der Waals surface area contributed by atoms with Crippen LogP contribution in [0.5, 0.6) is 5.75 Å². The van der Waals surface area contributed by atoms with Gasteiger partial charge in [-0.15, -0.1) is 0 Å². The van der Waals surface area contributed by atoms with Gasteiger partial charge >= 0.3 is 0 Å². The molecule has 2 aromatic rings. The van der Waals surface area contributed by atoms with Gasteiger partial charge in [0.25, 0.3) is 10.0 Å². The molecule has 0 aromatic heterocycles. The van der Waals surface area contributed by atoms with E-state index >= 15 is 0 Å². The van der Waals surface area contributed by atoms with E-state index in [-0.39, 0.29) is 23.6 Å². The molecule has 3 rings (SSSR count). The Bertz CT molecular complexity index is 812. The van der Waals surface area contributed by atoms with E-state index in [1.807, 2.05) is 0 Å². The standard InChI is InChI=1S/C16H15NO4S/c1-21-12-6-8-13(9-7-12)22(19,20)17-11-10-16(18)14-4-2-3-5-15(14)17/h2-9H,10-11H2,1H3. The lowest BCUT2D eigenvalue weighted by Crippen LogP contribution is -2.37. The second kappa shape index (κ2) is 5.46. The molecule has 5 nitrogen and oxygen atoms in total. The van der Waals surface area contributed by atoms with Gasteiger partial charge in [0.05, 0.1) is 17.7 Å². The number of anilines is 1. The molecule has 0 radical (unpaired) electrons. The van der Waals surface area contributed by atoms with Gasteiger partial charge in [0.1, 0.15) is 5.75 Å². The molecule has 1 aliphatic heterocycles. The normalized spacial score (nSPS) is 14.6. The Morgan fingerprint density at radius 3 is 2.41 bits per heavy atom. The third kappa shape index (κ3) is 2.35. The topological polar surface area (TPSA) is 63.7 Å². The molecule has 1 aliphatic rings. The van der Waals surface area contributed by atoms with Crippen LogP contribution in [0.3, 0.4) is 0 Å². The molecule has 0 saturated carbocycles. The fraction of sp³-hybridized carbons (Fsp3) is 0.188. The minimum atomic E-state index is -3.70. The zero-order chi connectivity index (χ0) is 15.7. The summed E-state index contributed by atoms with van der Waals surface area (Å²) in [5.74, 6) is 0.560. The summed E-state index contributed by atoms with van der Waals surface area (Å²) in [6.45, 7) is 0.157. The molecule has 0 N–H and O–H groups in total. The van der Waals surface area contributed by atoms with Crippen LogP contribution in [0.2, 0.25) is 0 Å². The van der Waals surface area contributed by atoms with E-state index in [0.717, 1.165) is 0 Å². The van der Waals surface area contributed by atoms with E-state index in [2.05, 4.69) is 0 Å². The maximum Gasteiger partial charge on any atom is 0.264 e. The van der Waals surface area contributed by atoms with Crippen LogP contribution in [0.25, 0.3) is 0 Å². The van der Waals surface area contributed by atoms with Crippen molar-refractivity contribution >= 4 is 21.5 Å². The number of para-hydroxylation sites is 1. The van der Waals surface area contributed by atoms with Crippen LogP contribution in [0.4, 0.5) is 5.69 Å². The Morgan fingerprint density at radius 2 is 1.73 bits per heavy atom. The molecule has 0 aliphatic carbocycles. The highest BCUT2D eigenvalue weighted by Gasteiger charge is 2.31. The predicted octanol–water partition coefficient (Wildman–Crippen LogP) is 2.48. The number of rotatable bonds is 3. The molecule has 0 fully saturated rings. The lowest BCUT2D eigenvalue weighted by molar-refractivity contribution is 0.0982. The van der Waals surface area contributed by atoms with Crippen LogP contribution < -0.4 is 9.04 Å². The average molecular weight is 317 g/mol. The fourth-order valence-corrected chi connectivity index (χ4v) is 3.99. The first-order chi connectivity index (χ1) is 10.5. The van der Waals surface area contributed by atoms with Crippen LogP contribution in [-0.4, -0.2) is 27.9 Å². The van der Waals surface area contributed by atoms with Crippen LogP contribution in [-0.2, 0) is 10.0 Å². The monoisotopic (exact) mass is 317 g/mol. The number of hydrogen-bond donors (Lipinski definition) is 0. The Morgan fingerprint density at radius 1 is 1.05 bits per heavy atom. The Balaban J connectivity index is 2.06. The van der Waals surface area contributed by atoms with Crippen molar-refractivity contribution in [2.75, 3.05) is 18.0 Å². The van der Waals surface area contributed by atoms with Crippen LogP contribution >= 0.6 is 0 Å². The molecule has 114 valence electrons. The first-order valence-electron chi connectivity index (χ1n) is 6.83. The fourth-order valence-electron chi connectivity index (χ4n) is 2.51. The summed E-state index contributed by atoms with van der Waals surface area (Å²) in [6, 6.07) is 13.0. The molecule has 0 atom stereocenters. The predicted molar refractivity (Wildman–Crippen MR) is 82.9 cm³/mol. The SMILES string of the molecule is COc1ccc(S(=O)(=O)N2CCC(=O)c3ccccc32)cc1. The Kier molecular flexibility index (Phi) is 3.62. The van der Waals surface area contributed by atoms with Gasteiger partial charge < -0.3 is 4.74 Å². The molecule has 1 heterocycles. The van der Waals surface area contributed by atoms with Gasteiger partial charge in [0, 0.05) is 18.5 Å². The van der Waals surface area contributed by atoms with Crippen molar-refractivity contribution in [3.05, 3.63) is 54.1 Å². The van der Waals surface area contributed by atoms with E-state index in [0.29, 0.717) is 17.0 Å². The van der Waals surface area contributed by atoms with Crippen LogP contribution in [0.15, 0.2) is 53.4 Å². The summed E-state index contributed by atoms with van der Waals surface area (Å²) in [5, 5.41) is 0. The highest BCUT2D eigenvalue weighted by Crippen LogP contribution is 2.32. The van der Waals surface area contributed by atoms with Crippen molar-refractivity contribution in [2.24, 2.45) is 0 Å². The summed E-state index contributed by atoms with van der Waals surface area (Å²) in [5.41, 5.74) is 0.889. The first kappa shape index (κ1) is 14.6. The maximum absolute atomic E-state index is 12.8. The van der Waals surface area contributed by atoms with Gasteiger partial charge in [-0.3, -0.25) is 9.10 Å². The summed E-state index contributed by atoms with van der Waals surface area (Å²) < 4.78 is 32.0. The van der Waals surface area contributed by atoms with Crippen molar-refractivity contribution < 1.29 is 17.9 Å². The zero-order valence-corrected chi connectivity index (χ0v) is 12.8. The zero-order valence-electron chi connectivity index (χ0n) is 12.0. The number of Topliss-reactive ketones (excluding diaryl/α,β-unsaturated/α-hetero) is 1. The molecule has 0 amide bonds. The van der Waals surface area contributed by atoms with Crippen LogP contribution in [0, 0.1) is 0 Å². The second-order valence-corrected chi connectivity index (χ2v) is 6.81. The number of carbonyl (C=O) groups is 1. The van der Waals surface area contributed by atoms with Gasteiger partial charge in [-0.25, -0.2) is 8.42 Å². The van der Waals surface area contributed by atoms with Crippen molar-refractivity contribution in [2.45, 2.75) is 11.3 Å². The number of fused-ring (bicyclic) bond motifs is 1. The van der Waals surface area contributed by atoms with E-state index in [1.165, 1.54) is 23.5 Å². The van der Waals surface area contributed by atoms with E-state index in [1.54, 1.807) is 36.4 Å². The minimum absolute atomic E-state index is 0.0308. The van der Waals surface area contributed by atoms with E-state index in [4.69, 9.17) is 4.74 Å². The first-order valence-corrected chi connectivity index (χ1v) is 8.27. The molecule has 22 heavy (non-hydrogen) atoms. The third-order valence-corrected chi connectivity index (χ3v) is 5.49. The number of methoxy groups -OCH3 is 1. The average Bonchev–Trinajstić information content (AvgIpc) is 2.55. The lowest BCUT2D eigenvalue weighted by Gasteiger charge is -2.29. The quantitative estimate of drug-likeness (QED) is 0.872. The van der Waals surface area contributed by atoms with Crippen LogP contribution in [0.1, 0.15) is 16.8 Å². The number of carbonyl (C=O) groups excluding carboxylic acids is 1. The number of benzene rings is 2. The molecule has 0 spiro atoms. The van der Waals surface area contributed by atoms with Crippen molar-refractivity contribution in [3.63, 3.8) is 0 Å². The summed E-state index contributed by atoms with van der Waals surface area (Å²) in [7, 11) is -2.17. The Labute approximate surface area is 129 Å². The molecular weight excluding hydrogens is 302 g/mol. The van der Waals surface area contributed by atoms with Crippen molar-refractivity contribution in [1.82, 2.24) is 0 Å². The molecule has 0 unspecified atom stereocenters. The number of ether oxygens (including phenoxy) is 1. The lowest BCUT2D eigenvalue weighted by atomic mass is 10.0. The largest absolute Gasteiger partial charge is 0.497 e. The van der Waals surface area contributed by atoms with E-state index in [9.17, 15) is 13.2 Å². The second-order valence-electron chi connectivity index (χ2n) is 4.94. The maximum atomic E-state index is 12.8. The molecule has 6 heteroatoms. The van der Waals surface area contributed by atoms with Crippen molar-refractivity contribution in [3.8, 4) is 5.75 Å². The van der Waals surface area contributed by atoms with E-state index < -0.39 is 10.0 Å². The smallest absolute Gasteiger partial charge is 0.264 e. The third-order valence-electron chi connectivity index (χ3n) is 3.66.